The number of thiazole rings is 1. The van der Waals surface area contributed by atoms with Crippen LogP contribution in [0.3, 0.4) is 0 Å². The van der Waals surface area contributed by atoms with Gasteiger partial charge in [-0.2, -0.15) is 0 Å². The van der Waals surface area contributed by atoms with Crippen molar-refractivity contribution in [3.05, 3.63) is 39.3 Å². The minimum atomic E-state index is -0.532. The number of urea groups is 2. The monoisotopic (exact) mass is 580 g/mol. The van der Waals surface area contributed by atoms with Crippen molar-refractivity contribution in [2.45, 2.75) is 38.2 Å². The summed E-state index contributed by atoms with van der Waals surface area (Å²) >= 11 is 13.5. The second kappa shape index (κ2) is 10.1. The number of aromatic nitrogens is 1. The first-order valence-corrected chi connectivity index (χ1v) is 14.0. The van der Waals surface area contributed by atoms with Gasteiger partial charge in [0.25, 0.3) is 0 Å². The van der Waals surface area contributed by atoms with Crippen LogP contribution in [0.2, 0.25) is 9.36 Å². The number of halogens is 2. The number of fused-ring (bicyclic) bond motifs is 2. The number of nitrogens with zero attached hydrogens (tertiary/aromatic N) is 4. The van der Waals surface area contributed by atoms with E-state index in [0.29, 0.717) is 60.2 Å². The summed E-state index contributed by atoms with van der Waals surface area (Å²) in [5, 5.41) is 6.84. The summed E-state index contributed by atoms with van der Waals surface area (Å²) in [7, 11) is 0. The molecule has 0 saturated carbocycles. The summed E-state index contributed by atoms with van der Waals surface area (Å²) in [4.78, 5) is 47.6. The van der Waals surface area contributed by atoms with Gasteiger partial charge in [-0.15, -0.1) is 0 Å². The highest BCUT2D eigenvalue weighted by Crippen LogP contribution is 2.47. The number of carbonyl (C=O) groups excluding carboxylic acids is 3. The molecule has 1 spiro atoms. The lowest BCUT2D eigenvalue weighted by molar-refractivity contribution is -0.000468. The lowest BCUT2D eigenvalue weighted by atomic mass is 9.81. The van der Waals surface area contributed by atoms with Crippen LogP contribution >= 0.6 is 34.5 Å². The lowest BCUT2D eigenvalue weighted by Gasteiger charge is -2.40. The number of amides is 5. The van der Waals surface area contributed by atoms with E-state index in [4.69, 9.17) is 27.9 Å². The molecule has 0 bridgehead atoms. The topological polar surface area (TPSA) is 107 Å². The Morgan fingerprint density at radius 1 is 1.16 bits per heavy atom. The van der Waals surface area contributed by atoms with Gasteiger partial charge in [0.2, 0.25) is 0 Å². The summed E-state index contributed by atoms with van der Waals surface area (Å²) in [6.45, 7) is 8.55. The summed E-state index contributed by atoms with van der Waals surface area (Å²) in [6.07, 6.45) is 1.87. The van der Waals surface area contributed by atoms with E-state index in [1.165, 1.54) is 17.5 Å². The minimum absolute atomic E-state index is 0.151. The number of anilines is 2. The van der Waals surface area contributed by atoms with Gasteiger partial charge in [0, 0.05) is 61.3 Å². The zero-order valence-electron chi connectivity index (χ0n) is 21.4. The molecule has 10 nitrogen and oxygen atoms in total. The van der Waals surface area contributed by atoms with E-state index in [1.807, 2.05) is 32.9 Å². The Labute approximate surface area is 235 Å². The predicted octanol–water partition coefficient (Wildman–Crippen LogP) is 5.02. The number of rotatable bonds is 3. The van der Waals surface area contributed by atoms with Gasteiger partial charge in [0.15, 0.2) is 5.13 Å². The predicted molar refractivity (Wildman–Crippen MR) is 148 cm³/mol. The minimum Gasteiger partial charge on any atom is -0.444 e. The first-order valence-electron chi connectivity index (χ1n) is 12.4. The van der Waals surface area contributed by atoms with Crippen molar-refractivity contribution >= 4 is 63.5 Å². The van der Waals surface area contributed by atoms with Gasteiger partial charge in [-0.05, 0) is 51.0 Å². The fraction of sp³-hybridized carbons (Fsp3) is 0.520. The van der Waals surface area contributed by atoms with Crippen molar-refractivity contribution in [1.29, 1.82) is 0 Å². The highest BCUT2D eigenvalue weighted by Gasteiger charge is 2.50. The summed E-state index contributed by atoms with van der Waals surface area (Å²) in [5.41, 5.74) is 0.781. The van der Waals surface area contributed by atoms with Crippen molar-refractivity contribution in [3.63, 3.8) is 0 Å². The normalized spacial score (nSPS) is 20.9. The number of benzene rings is 1. The second-order valence-electron chi connectivity index (χ2n) is 11.0. The Bertz CT molecular complexity index is 1260. The maximum atomic E-state index is 13.2. The SMILES string of the molecule is CC(C)(C)OC(=O)N1CC(CNC(=O)N2CCC3(C2)CN(C(=O)Nc2ncc(Cl)s2)c2ccc(Cl)cc23)C1. The zero-order chi connectivity index (χ0) is 27.2. The maximum absolute atomic E-state index is 13.2. The maximum Gasteiger partial charge on any atom is 0.410 e. The molecule has 4 heterocycles. The van der Waals surface area contributed by atoms with Gasteiger partial charge in [-0.1, -0.05) is 34.5 Å². The van der Waals surface area contributed by atoms with E-state index < -0.39 is 11.0 Å². The van der Waals surface area contributed by atoms with Gasteiger partial charge in [-0.25, -0.2) is 19.4 Å². The van der Waals surface area contributed by atoms with Gasteiger partial charge < -0.3 is 19.9 Å². The highest BCUT2D eigenvalue weighted by molar-refractivity contribution is 7.19. The molecule has 0 radical (unpaired) electrons. The number of carbonyl (C=O) groups is 3. The molecule has 5 rings (SSSR count). The van der Waals surface area contributed by atoms with E-state index in [2.05, 4.69) is 15.6 Å². The molecule has 5 amide bonds. The molecule has 204 valence electrons. The quantitative estimate of drug-likeness (QED) is 0.530. The van der Waals surface area contributed by atoms with E-state index in [1.54, 1.807) is 20.8 Å². The molecule has 3 aliphatic rings. The van der Waals surface area contributed by atoms with Crippen molar-refractivity contribution in [3.8, 4) is 0 Å². The smallest absolute Gasteiger partial charge is 0.410 e. The van der Waals surface area contributed by atoms with Crippen LogP contribution in [-0.2, 0) is 10.2 Å². The molecule has 2 fully saturated rings. The van der Waals surface area contributed by atoms with E-state index in [-0.39, 0.29) is 24.1 Å². The standard InChI is InChI=1S/C25H30Cl2N6O4S/c1-24(2,3)37-23(36)32-11-15(12-32)9-29-21(34)31-7-6-25(13-31)14-33(18-5-4-16(26)8-17(18)25)22(35)30-20-28-10-19(27)38-20/h4-5,8,10,15H,6-7,9,11-14H2,1-3H3,(H,29,34)(H,28,30,35). The number of hydrogen-bond donors (Lipinski definition) is 2. The van der Waals surface area contributed by atoms with Crippen molar-refractivity contribution in [1.82, 2.24) is 20.1 Å². The van der Waals surface area contributed by atoms with Crippen LogP contribution in [-0.4, -0.2) is 77.8 Å². The number of nitrogens with one attached hydrogen (secondary N) is 2. The fourth-order valence-electron chi connectivity index (χ4n) is 5.21. The Kier molecular flexibility index (Phi) is 7.12. The van der Waals surface area contributed by atoms with Crippen LogP contribution in [0, 0.1) is 5.92 Å². The third-order valence-corrected chi connectivity index (χ3v) is 8.28. The molecule has 2 N–H and O–H groups in total. The molecular weight excluding hydrogens is 551 g/mol. The van der Waals surface area contributed by atoms with Crippen LogP contribution in [0.25, 0.3) is 0 Å². The molecule has 13 heteroatoms. The number of ether oxygens (including phenoxy) is 1. The Hall–Kier alpha value is -2.76. The van der Waals surface area contributed by atoms with Gasteiger partial charge >= 0.3 is 18.2 Å². The second-order valence-corrected chi connectivity index (χ2v) is 13.1. The van der Waals surface area contributed by atoms with Crippen LogP contribution in [0.15, 0.2) is 24.4 Å². The molecule has 1 aromatic carbocycles. The fourth-order valence-corrected chi connectivity index (χ4v) is 6.18. The van der Waals surface area contributed by atoms with Crippen LogP contribution in [0.1, 0.15) is 32.8 Å². The molecule has 3 aliphatic heterocycles. The molecular formula is C25H30Cl2N6O4S. The average molecular weight is 582 g/mol. The van der Waals surface area contributed by atoms with Crippen LogP contribution in [0.5, 0.6) is 0 Å². The molecule has 1 aromatic heterocycles. The number of hydrogen-bond acceptors (Lipinski definition) is 6. The Balaban J connectivity index is 1.19. The molecule has 1 unspecified atom stereocenters. The first-order chi connectivity index (χ1) is 17.9. The summed E-state index contributed by atoms with van der Waals surface area (Å²) in [5.74, 6) is 0.188. The summed E-state index contributed by atoms with van der Waals surface area (Å²) < 4.78 is 5.88. The molecule has 2 saturated heterocycles. The Morgan fingerprint density at radius 2 is 1.92 bits per heavy atom. The van der Waals surface area contributed by atoms with Crippen molar-refractivity contribution in [2.75, 3.05) is 49.5 Å². The summed E-state index contributed by atoms with van der Waals surface area (Å²) in [6, 6.07) is 5.04. The highest BCUT2D eigenvalue weighted by atomic mass is 35.5. The molecule has 2 aromatic rings. The van der Waals surface area contributed by atoms with Crippen LogP contribution < -0.4 is 15.5 Å². The average Bonchev–Trinajstić information content (AvgIpc) is 3.50. The molecule has 38 heavy (non-hydrogen) atoms. The lowest BCUT2D eigenvalue weighted by Crippen LogP contribution is -2.55. The number of likely N-dealkylation sites (tertiary alicyclic amines) is 2. The largest absolute Gasteiger partial charge is 0.444 e. The third kappa shape index (κ3) is 5.50. The van der Waals surface area contributed by atoms with Crippen molar-refractivity contribution in [2.24, 2.45) is 5.92 Å². The van der Waals surface area contributed by atoms with Gasteiger partial charge in [0.05, 0.1) is 6.20 Å². The van der Waals surface area contributed by atoms with E-state index in [9.17, 15) is 14.4 Å². The molecule has 1 atom stereocenters. The first kappa shape index (κ1) is 26.8. The van der Waals surface area contributed by atoms with E-state index >= 15 is 0 Å². The molecule has 0 aliphatic carbocycles. The van der Waals surface area contributed by atoms with E-state index in [0.717, 1.165) is 11.3 Å². The zero-order valence-corrected chi connectivity index (χ0v) is 23.8. The van der Waals surface area contributed by atoms with Gasteiger partial charge in [0.1, 0.15) is 9.94 Å². The van der Waals surface area contributed by atoms with Gasteiger partial charge in [-0.3, -0.25) is 10.2 Å². The van der Waals surface area contributed by atoms with Crippen LogP contribution in [0.4, 0.5) is 25.2 Å². The van der Waals surface area contributed by atoms with Crippen molar-refractivity contribution < 1.29 is 19.1 Å². The third-order valence-electron chi connectivity index (χ3n) is 7.01. The Morgan fingerprint density at radius 3 is 2.61 bits per heavy atom.